The Hall–Kier alpha value is -2.05. The highest BCUT2D eigenvalue weighted by Crippen LogP contribution is 2.44. The van der Waals surface area contributed by atoms with Crippen molar-refractivity contribution in [2.24, 2.45) is 4.99 Å². The minimum Gasteiger partial charge on any atom is -0.492 e. The highest BCUT2D eigenvalue weighted by Gasteiger charge is 2.38. The van der Waals surface area contributed by atoms with E-state index in [9.17, 15) is 5.11 Å². The van der Waals surface area contributed by atoms with Crippen molar-refractivity contribution >= 4 is 11.5 Å². The summed E-state index contributed by atoms with van der Waals surface area (Å²) in [7, 11) is 4.77. The molecular weight excluding hydrogens is 296 g/mol. The highest BCUT2D eigenvalue weighted by molar-refractivity contribution is 5.98. The molecule has 0 spiro atoms. The van der Waals surface area contributed by atoms with Crippen LogP contribution in [0.5, 0.6) is 17.2 Å². The van der Waals surface area contributed by atoms with Gasteiger partial charge in [0.25, 0.3) is 0 Å². The number of aliphatic imine (C=N–C) groups is 1. The summed E-state index contributed by atoms with van der Waals surface area (Å²) in [5.41, 5.74) is 0.925. The van der Waals surface area contributed by atoms with Crippen molar-refractivity contribution in [3.8, 4) is 17.2 Å². The predicted molar refractivity (Wildman–Crippen MR) is 91.3 cm³/mol. The predicted octanol–water partition coefficient (Wildman–Crippen LogP) is 2.70. The van der Waals surface area contributed by atoms with Gasteiger partial charge >= 0.3 is 0 Å². The largest absolute Gasteiger partial charge is 0.492 e. The normalized spacial score (nSPS) is 19.6. The van der Waals surface area contributed by atoms with Gasteiger partial charge in [-0.2, -0.15) is 0 Å². The van der Waals surface area contributed by atoms with Crippen LogP contribution in [0.3, 0.4) is 0 Å². The van der Waals surface area contributed by atoms with Crippen LogP contribution in [0.2, 0.25) is 0 Å². The number of methoxy groups -OCH3 is 3. The number of ether oxygens (including phenoxy) is 3. The molecule has 1 aliphatic rings. The third kappa shape index (κ3) is 3.04. The molecule has 6 heteroatoms. The minimum absolute atomic E-state index is 0.104. The molecule has 0 aliphatic carbocycles. The Kier molecular flexibility index (Phi) is 5.63. The molecule has 1 atom stereocenters. The molecule has 1 aliphatic heterocycles. The summed E-state index contributed by atoms with van der Waals surface area (Å²) < 4.78 is 16.7. The lowest BCUT2D eigenvalue weighted by Gasteiger charge is -2.32. The van der Waals surface area contributed by atoms with Crippen LogP contribution in [-0.2, 0) is 0 Å². The van der Waals surface area contributed by atoms with E-state index in [0.29, 0.717) is 27.6 Å². The van der Waals surface area contributed by atoms with E-state index in [1.165, 1.54) is 0 Å². The first-order valence-electron chi connectivity index (χ1n) is 7.71. The molecule has 126 valence electrons. The molecule has 6 nitrogen and oxygen atoms in total. The summed E-state index contributed by atoms with van der Waals surface area (Å²) in [4.78, 5) is 4.34. The fraction of sp³-hybridized carbons (Fsp3) is 0.471. The monoisotopic (exact) mass is 321 g/mol. The summed E-state index contributed by atoms with van der Waals surface area (Å²) in [6.45, 7) is 2.85. The van der Waals surface area contributed by atoms with E-state index < -0.39 is 0 Å². The zero-order valence-electron chi connectivity index (χ0n) is 14.2. The lowest BCUT2D eigenvalue weighted by molar-refractivity contribution is 0.321. The van der Waals surface area contributed by atoms with Crippen molar-refractivity contribution in [3.05, 3.63) is 24.5 Å². The summed E-state index contributed by atoms with van der Waals surface area (Å²) in [5.74, 6) is 2.42. The van der Waals surface area contributed by atoms with Gasteiger partial charge in [0, 0.05) is 12.1 Å². The van der Waals surface area contributed by atoms with Crippen LogP contribution in [0.25, 0.3) is 0 Å². The maximum atomic E-state index is 9.74. The van der Waals surface area contributed by atoms with Crippen molar-refractivity contribution in [2.45, 2.75) is 19.8 Å². The maximum Gasteiger partial charge on any atom is 0.238 e. The van der Waals surface area contributed by atoms with Crippen LogP contribution in [0.1, 0.15) is 19.8 Å². The zero-order valence-corrected chi connectivity index (χ0v) is 14.2. The van der Waals surface area contributed by atoms with Crippen molar-refractivity contribution < 1.29 is 19.3 Å². The average molecular weight is 321 g/mol. The van der Waals surface area contributed by atoms with Crippen LogP contribution in [0.4, 0.5) is 5.69 Å². The van der Waals surface area contributed by atoms with Crippen molar-refractivity contribution in [1.82, 2.24) is 4.48 Å². The Morgan fingerprint density at radius 3 is 2.22 bits per heavy atom. The molecule has 0 saturated heterocycles. The number of amidine groups is 1. The quantitative estimate of drug-likeness (QED) is 0.748. The first-order valence-corrected chi connectivity index (χ1v) is 7.71. The molecule has 0 aromatic heterocycles. The van der Waals surface area contributed by atoms with Crippen molar-refractivity contribution in [1.29, 1.82) is 0 Å². The Labute approximate surface area is 137 Å². The van der Waals surface area contributed by atoms with Gasteiger partial charge in [0.2, 0.25) is 11.6 Å². The van der Waals surface area contributed by atoms with Gasteiger partial charge in [0.05, 0.1) is 34.1 Å². The van der Waals surface area contributed by atoms with Crippen LogP contribution in [0, 0.1) is 0 Å². The van der Waals surface area contributed by atoms with Gasteiger partial charge in [-0.05, 0) is 6.42 Å². The third-order valence-corrected chi connectivity index (χ3v) is 4.12. The van der Waals surface area contributed by atoms with Gasteiger partial charge in [-0.1, -0.05) is 13.3 Å². The van der Waals surface area contributed by atoms with E-state index in [0.717, 1.165) is 25.1 Å². The van der Waals surface area contributed by atoms with E-state index in [-0.39, 0.29) is 6.61 Å². The van der Waals surface area contributed by atoms with Gasteiger partial charge in [-0.25, -0.2) is 9.48 Å². The Bertz CT molecular complexity index is 588. The second-order valence-corrected chi connectivity index (χ2v) is 5.33. The molecule has 0 amide bonds. The number of unbranched alkanes of at least 4 members (excludes halogenated alkanes) is 1. The lowest BCUT2D eigenvalue weighted by atomic mass is 10.1. The van der Waals surface area contributed by atoms with E-state index in [4.69, 9.17) is 14.2 Å². The first kappa shape index (κ1) is 17.3. The van der Waals surface area contributed by atoms with Crippen LogP contribution >= 0.6 is 0 Å². The SMILES string of the molecule is CCCC[N+]1(c2cc(OC)c(OC)c(OC)c2)C=CN=C1CO. The first-order chi connectivity index (χ1) is 11.2. The summed E-state index contributed by atoms with van der Waals surface area (Å²) in [6, 6.07) is 3.83. The Morgan fingerprint density at radius 1 is 1.09 bits per heavy atom. The molecule has 23 heavy (non-hydrogen) atoms. The van der Waals surface area contributed by atoms with Crippen LogP contribution in [0.15, 0.2) is 29.5 Å². The average Bonchev–Trinajstić information content (AvgIpc) is 3.02. The minimum atomic E-state index is -0.104. The lowest BCUT2D eigenvalue weighted by Crippen LogP contribution is -2.50. The molecule has 1 aromatic carbocycles. The van der Waals surface area contributed by atoms with Crippen molar-refractivity contribution in [2.75, 3.05) is 34.5 Å². The highest BCUT2D eigenvalue weighted by atomic mass is 16.5. The number of hydrogen-bond acceptors (Lipinski definition) is 5. The van der Waals surface area contributed by atoms with Gasteiger partial charge in [0.15, 0.2) is 17.2 Å². The summed E-state index contributed by atoms with van der Waals surface area (Å²) in [5, 5.41) is 9.74. The molecule has 2 rings (SSSR count). The number of aliphatic hydroxyl groups excluding tert-OH is 1. The van der Waals surface area contributed by atoms with Gasteiger partial charge in [-0.15, -0.1) is 0 Å². The number of benzene rings is 1. The second kappa shape index (κ2) is 7.48. The third-order valence-electron chi connectivity index (χ3n) is 4.12. The standard InChI is InChI=1S/C17H25N2O4/c1-5-6-8-19(9-7-18-16(19)12-20)13-10-14(21-2)17(23-4)15(11-13)22-3/h7,9-11,20H,5-6,8,12H2,1-4H3/q+1. The van der Waals surface area contributed by atoms with Crippen molar-refractivity contribution in [3.63, 3.8) is 0 Å². The van der Waals surface area contributed by atoms with Gasteiger partial charge in [-0.3, -0.25) is 0 Å². The molecule has 0 bridgehead atoms. The van der Waals surface area contributed by atoms with E-state index >= 15 is 0 Å². The summed E-state index contributed by atoms with van der Waals surface area (Å²) in [6.07, 6.45) is 5.78. The van der Waals surface area contributed by atoms with Crippen LogP contribution < -0.4 is 18.7 Å². The fourth-order valence-corrected chi connectivity index (χ4v) is 2.86. The topological polar surface area (TPSA) is 60.3 Å². The smallest absolute Gasteiger partial charge is 0.238 e. The van der Waals surface area contributed by atoms with Crippen LogP contribution in [-0.4, -0.2) is 45.4 Å². The van der Waals surface area contributed by atoms with E-state index in [1.807, 2.05) is 18.3 Å². The number of hydrogen-bond donors (Lipinski definition) is 1. The zero-order chi connectivity index (χ0) is 16.9. The van der Waals surface area contributed by atoms with E-state index in [2.05, 4.69) is 11.9 Å². The number of rotatable bonds is 8. The number of aliphatic hydroxyl groups is 1. The number of nitrogens with zero attached hydrogens (tertiary/aromatic N) is 2. The molecular formula is C17H25N2O4+. The maximum absolute atomic E-state index is 9.74. The Balaban J connectivity index is 2.60. The fourth-order valence-electron chi connectivity index (χ4n) is 2.86. The molecule has 1 aromatic rings. The molecule has 0 fully saturated rings. The van der Waals surface area contributed by atoms with Gasteiger partial charge < -0.3 is 19.3 Å². The molecule has 1 unspecified atom stereocenters. The number of quaternary nitrogens is 1. The molecule has 0 saturated carbocycles. The summed E-state index contributed by atoms with van der Waals surface area (Å²) >= 11 is 0. The molecule has 1 heterocycles. The van der Waals surface area contributed by atoms with Gasteiger partial charge in [0.1, 0.15) is 12.8 Å². The second-order valence-electron chi connectivity index (χ2n) is 5.33. The molecule has 0 radical (unpaired) electrons. The molecule has 1 N–H and O–H groups in total. The Morgan fingerprint density at radius 2 is 1.74 bits per heavy atom. The van der Waals surface area contributed by atoms with E-state index in [1.54, 1.807) is 27.5 Å².